The Kier molecular flexibility index (Phi) is 4.02. The Hall–Kier alpha value is -2.80. The van der Waals surface area contributed by atoms with Crippen LogP contribution in [0.4, 0.5) is 0 Å². The Labute approximate surface area is 116 Å². The van der Waals surface area contributed by atoms with Gasteiger partial charge in [0.1, 0.15) is 11.5 Å². The third-order valence-corrected chi connectivity index (χ3v) is 2.83. The van der Waals surface area contributed by atoms with Gasteiger partial charge < -0.3 is 9.84 Å². The summed E-state index contributed by atoms with van der Waals surface area (Å²) in [6.45, 7) is 1.85. The number of carboxylic acids is 1. The molecule has 2 aromatic carbocycles. The molecule has 0 radical (unpaired) electrons. The smallest absolute Gasteiger partial charge is 0.307 e. The second-order valence-electron chi connectivity index (χ2n) is 4.41. The van der Waals surface area contributed by atoms with Crippen LogP contribution in [0.1, 0.15) is 16.7 Å². The molecule has 0 unspecified atom stereocenters. The molecule has 0 aliphatic heterocycles. The molecule has 1 N–H and O–H groups in total. The van der Waals surface area contributed by atoms with Gasteiger partial charge in [0.15, 0.2) is 0 Å². The number of hydrogen-bond donors (Lipinski definition) is 1. The summed E-state index contributed by atoms with van der Waals surface area (Å²) in [6.07, 6.45) is -0.00372. The highest BCUT2D eigenvalue weighted by Crippen LogP contribution is 2.24. The molecule has 0 aromatic heterocycles. The first-order valence-corrected chi connectivity index (χ1v) is 6.08. The Balaban J connectivity index is 2.12. The zero-order chi connectivity index (χ0) is 14.5. The molecule has 0 saturated heterocycles. The maximum atomic E-state index is 10.6. The summed E-state index contributed by atoms with van der Waals surface area (Å²) >= 11 is 0. The molecular weight excluding hydrogens is 254 g/mol. The zero-order valence-electron chi connectivity index (χ0n) is 11.0. The van der Waals surface area contributed by atoms with Crippen LogP contribution in [0.3, 0.4) is 0 Å². The number of carbonyl (C=O) groups is 1. The molecule has 0 amide bonds. The van der Waals surface area contributed by atoms with Gasteiger partial charge in [-0.25, -0.2) is 0 Å². The summed E-state index contributed by atoms with van der Waals surface area (Å²) in [4.78, 5) is 10.6. The molecule has 0 heterocycles. The van der Waals surface area contributed by atoms with Gasteiger partial charge in [-0.2, -0.15) is 5.26 Å². The highest BCUT2D eigenvalue weighted by molar-refractivity contribution is 5.70. The predicted molar refractivity (Wildman–Crippen MR) is 73.7 cm³/mol. The van der Waals surface area contributed by atoms with Crippen LogP contribution in [0.15, 0.2) is 42.5 Å². The predicted octanol–water partition coefficient (Wildman–Crippen LogP) is 3.29. The van der Waals surface area contributed by atoms with Crippen LogP contribution in [0.5, 0.6) is 11.5 Å². The van der Waals surface area contributed by atoms with Crippen molar-refractivity contribution < 1.29 is 14.6 Å². The average Bonchev–Trinajstić information content (AvgIpc) is 2.41. The van der Waals surface area contributed by atoms with Crippen LogP contribution < -0.4 is 4.74 Å². The lowest BCUT2D eigenvalue weighted by molar-refractivity contribution is -0.136. The van der Waals surface area contributed by atoms with E-state index in [1.165, 1.54) is 0 Å². The van der Waals surface area contributed by atoms with E-state index in [-0.39, 0.29) is 6.42 Å². The second kappa shape index (κ2) is 5.89. The van der Waals surface area contributed by atoms with Crippen molar-refractivity contribution in [2.45, 2.75) is 13.3 Å². The van der Waals surface area contributed by atoms with Crippen LogP contribution in [0.25, 0.3) is 0 Å². The van der Waals surface area contributed by atoms with E-state index < -0.39 is 5.97 Å². The van der Waals surface area contributed by atoms with E-state index in [1.54, 1.807) is 42.5 Å². The third-order valence-electron chi connectivity index (χ3n) is 2.83. The lowest BCUT2D eigenvalue weighted by atomic mass is 10.1. The van der Waals surface area contributed by atoms with E-state index >= 15 is 0 Å². The quantitative estimate of drug-likeness (QED) is 0.922. The third kappa shape index (κ3) is 3.36. The largest absolute Gasteiger partial charge is 0.481 e. The monoisotopic (exact) mass is 267 g/mol. The summed E-state index contributed by atoms with van der Waals surface area (Å²) in [5, 5.41) is 17.6. The summed E-state index contributed by atoms with van der Waals surface area (Å²) < 4.78 is 5.66. The van der Waals surface area contributed by atoms with E-state index in [0.29, 0.717) is 17.1 Å². The number of benzene rings is 2. The van der Waals surface area contributed by atoms with Gasteiger partial charge in [-0.05, 0) is 48.4 Å². The molecule has 4 nitrogen and oxygen atoms in total. The summed E-state index contributed by atoms with van der Waals surface area (Å²) in [7, 11) is 0. The highest BCUT2D eigenvalue weighted by Gasteiger charge is 2.03. The minimum atomic E-state index is -0.860. The zero-order valence-corrected chi connectivity index (χ0v) is 11.0. The normalized spacial score (nSPS) is 9.80. The molecule has 20 heavy (non-hydrogen) atoms. The minimum absolute atomic E-state index is 0.00372. The first-order valence-electron chi connectivity index (χ1n) is 6.08. The lowest BCUT2D eigenvalue weighted by Gasteiger charge is -2.07. The van der Waals surface area contributed by atoms with Gasteiger partial charge in [-0.3, -0.25) is 4.79 Å². The van der Waals surface area contributed by atoms with Gasteiger partial charge in [0.25, 0.3) is 0 Å². The number of hydrogen-bond acceptors (Lipinski definition) is 3. The number of ether oxygens (including phenoxy) is 1. The Morgan fingerprint density at radius 1 is 1.20 bits per heavy atom. The molecule has 2 aromatic rings. The summed E-state index contributed by atoms with van der Waals surface area (Å²) in [6, 6.07) is 14.2. The molecule has 2 rings (SSSR count). The van der Waals surface area contributed by atoms with E-state index in [0.717, 1.165) is 11.1 Å². The van der Waals surface area contributed by atoms with Crippen LogP contribution in [-0.2, 0) is 11.2 Å². The number of nitrogens with zero attached hydrogens (tertiary/aromatic N) is 1. The fourth-order valence-electron chi connectivity index (χ4n) is 1.81. The van der Waals surface area contributed by atoms with E-state index in [2.05, 4.69) is 6.07 Å². The number of carboxylic acid groups (broad SMARTS) is 1. The van der Waals surface area contributed by atoms with Crippen molar-refractivity contribution in [3.63, 3.8) is 0 Å². The van der Waals surface area contributed by atoms with Crippen molar-refractivity contribution in [2.75, 3.05) is 0 Å². The molecule has 0 aliphatic rings. The van der Waals surface area contributed by atoms with Gasteiger partial charge in [0.05, 0.1) is 18.1 Å². The number of rotatable bonds is 4. The lowest BCUT2D eigenvalue weighted by Crippen LogP contribution is -1.99. The van der Waals surface area contributed by atoms with Crippen LogP contribution in [-0.4, -0.2) is 11.1 Å². The fraction of sp³-hybridized carbons (Fsp3) is 0.125. The molecule has 0 spiro atoms. The van der Waals surface area contributed by atoms with Crippen molar-refractivity contribution >= 4 is 5.97 Å². The van der Waals surface area contributed by atoms with Gasteiger partial charge >= 0.3 is 5.97 Å². The highest BCUT2D eigenvalue weighted by atomic mass is 16.5. The number of aryl methyl sites for hydroxylation is 1. The maximum Gasteiger partial charge on any atom is 0.307 e. The first-order chi connectivity index (χ1) is 9.58. The molecule has 4 heteroatoms. The second-order valence-corrected chi connectivity index (χ2v) is 4.41. The van der Waals surface area contributed by atoms with Gasteiger partial charge in [0.2, 0.25) is 0 Å². The number of aliphatic carboxylic acids is 1. The SMILES string of the molecule is Cc1cc(Oc2ccc(CC(=O)O)cc2)ccc1C#N. The van der Waals surface area contributed by atoms with Gasteiger partial charge in [0, 0.05) is 0 Å². The first kappa shape index (κ1) is 13.6. The van der Waals surface area contributed by atoms with E-state index in [1.807, 2.05) is 6.92 Å². The molecule has 0 saturated carbocycles. The van der Waals surface area contributed by atoms with Crippen molar-refractivity contribution in [1.82, 2.24) is 0 Å². The van der Waals surface area contributed by atoms with Crippen LogP contribution >= 0.6 is 0 Å². The van der Waals surface area contributed by atoms with Crippen molar-refractivity contribution in [3.8, 4) is 17.6 Å². The molecule has 0 fully saturated rings. The van der Waals surface area contributed by atoms with Crippen LogP contribution in [0.2, 0.25) is 0 Å². The topological polar surface area (TPSA) is 70.3 Å². The average molecular weight is 267 g/mol. The molecule has 100 valence electrons. The molecular formula is C16H13NO3. The van der Waals surface area contributed by atoms with Crippen molar-refractivity contribution in [2.24, 2.45) is 0 Å². The minimum Gasteiger partial charge on any atom is -0.481 e. The number of nitriles is 1. The van der Waals surface area contributed by atoms with Crippen molar-refractivity contribution in [3.05, 3.63) is 59.2 Å². The standard InChI is InChI=1S/C16H13NO3/c1-11-8-15(7-4-13(11)10-17)20-14-5-2-12(3-6-14)9-16(18)19/h2-8H,9H2,1H3,(H,18,19). The van der Waals surface area contributed by atoms with Crippen molar-refractivity contribution in [1.29, 1.82) is 5.26 Å². The van der Waals surface area contributed by atoms with Gasteiger partial charge in [-0.1, -0.05) is 12.1 Å². The molecule has 0 aliphatic carbocycles. The van der Waals surface area contributed by atoms with E-state index in [4.69, 9.17) is 15.1 Å². The summed E-state index contributed by atoms with van der Waals surface area (Å²) in [5.41, 5.74) is 2.20. The Bertz CT molecular complexity index is 669. The Morgan fingerprint density at radius 3 is 2.40 bits per heavy atom. The fourth-order valence-corrected chi connectivity index (χ4v) is 1.81. The molecule has 0 bridgehead atoms. The summed E-state index contributed by atoms with van der Waals surface area (Å²) in [5.74, 6) is 0.414. The van der Waals surface area contributed by atoms with E-state index in [9.17, 15) is 4.79 Å². The van der Waals surface area contributed by atoms with Crippen LogP contribution in [0, 0.1) is 18.3 Å². The van der Waals surface area contributed by atoms with Gasteiger partial charge in [-0.15, -0.1) is 0 Å². The Morgan fingerprint density at radius 2 is 1.85 bits per heavy atom. The molecule has 0 atom stereocenters. The maximum absolute atomic E-state index is 10.6.